The number of hydrogen-bond acceptors (Lipinski definition) is 5. The van der Waals surface area contributed by atoms with Gasteiger partial charge in [-0.3, -0.25) is 9.59 Å². The molecule has 0 radical (unpaired) electrons. The van der Waals surface area contributed by atoms with Crippen LogP contribution in [0.4, 0.5) is 5.69 Å². The second kappa shape index (κ2) is 10.8. The molecule has 8 nitrogen and oxygen atoms in total. The summed E-state index contributed by atoms with van der Waals surface area (Å²) in [5.41, 5.74) is 2.06. The number of hydrogen-bond donors (Lipinski definition) is 2. The van der Waals surface area contributed by atoms with Gasteiger partial charge in [-0.1, -0.05) is 24.6 Å². The fraction of sp³-hybridized carbons (Fsp3) is 0.417. The van der Waals surface area contributed by atoms with E-state index < -0.39 is 21.8 Å². The minimum atomic E-state index is -3.65. The number of carbonyl (C=O) groups is 2. The van der Waals surface area contributed by atoms with Crippen LogP contribution in [0.1, 0.15) is 36.8 Å². The molecule has 0 aliphatic carbocycles. The first-order valence-corrected chi connectivity index (χ1v) is 12.5. The number of ether oxygens (including phenoxy) is 1. The molecule has 1 heterocycles. The van der Waals surface area contributed by atoms with Crippen LogP contribution in [0, 0.1) is 13.8 Å². The third kappa shape index (κ3) is 6.11. The lowest BCUT2D eigenvalue weighted by Crippen LogP contribution is -2.46. The summed E-state index contributed by atoms with van der Waals surface area (Å²) in [7, 11) is -2.13. The van der Waals surface area contributed by atoms with Gasteiger partial charge >= 0.3 is 11.8 Å². The molecule has 2 amide bonds. The van der Waals surface area contributed by atoms with E-state index in [1.165, 1.54) is 7.11 Å². The summed E-state index contributed by atoms with van der Waals surface area (Å²) < 4.78 is 33.5. The number of anilines is 1. The zero-order chi connectivity index (χ0) is 24.0. The lowest BCUT2D eigenvalue weighted by molar-refractivity contribution is -0.136. The molecule has 2 aromatic carbocycles. The molecule has 1 fully saturated rings. The SMILES string of the molecule is COc1cccc(NC(=O)C(=O)NCCC2CCCCN2S(=O)(=O)c2cc(C)ccc2C)c1. The van der Waals surface area contributed by atoms with Crippen molar-refractivity contribution in [2.45, 2.75) is 50.5 Å². The van der Waals surface area contributed by atoms with Crippen LogP contribution in [0.3, 0.4) is 0 Å². The van der Waals surface area contributed by atoms with Gasteiger partial charge in [-0.2, -0.15) is 4.31 Å². The fourth-order valence-corrected chi connectivity index (χ4v) is 6.05. The molecule has 0 spiro atoms. The van der Waals surface area contributed by atoms with Crippen LogP contribution in [0.2, 0.25) is 0 Å². The number of piperidine rings is 1. The number of methoxy groups -OCH3 is 1. The van der Waals surface area contributed by atoms with Crippen molar-refractivity contribution >= 4 is 27.5 Å². The summed E-state index contributed by atoms with van der Waals surface area (Å²) in [4.78, 5) is 24.8. The molecule has 9 heteroatoms. The summed E-state index contributed by atoms with van der Waals surface area (Å²) in [5, 5.41) is 5.14. The van der Waals surface area contributed by atoms with Gasteiger partial charge in [0.1, 0.15) is 5.75 Å². The molecule has 0 aromatic heterocycles. The fourth-order valence-electron chi connectivity index (χ4n) is 4.01. The summed E-state index contributed by atoms with van der Waals surface area (Å²) in [6.45, 7) is 4.32. The average molecular weight is 474 g/mol. The molecular weight excluding hydrogens is 442 g/mol. The molecule has 0 saturated carbocycles. The predicted molar refractivity (Wildman–Crippen MR) is 127 cm³/mol. The van der Waals surface area contributed by atoms with Crippen molar-refractivity contribution in [3.05, 3.63) is 53.6 Å². The van der Waals surface area contributed by atoms with Crippen molar-refractivity contribution in [1.29, 1.82) is 0 Å². The largest absolute Gasteiger partial charge is 0.497 e. The van der Waals surface area contributed by atoms with Gasteiger partial charge in [0.25, 0.3) is 0 Å². The van der Waals surface area contributed by atoms with Gasteiger partial charge in [-0.25, -0.2) is 8.42 Å². The number of carbonyl (C=O) groups excluding carboxylic acids is 2. The highest BCUT2D eigenvalue weighted by molar-refractivity contribution is 7.89. The molecule has 1 unspecified atom stereocenters. The lowest BCUT2D eigenvalue weighted by atomic mass is 10.0. The van der Waals surface area contributed by atoms with E-state index in [2.05, 4.69) is 10.6 Å². The van der Waals surface area contributed by atoms with E-state index in [0.29, 0.717) is 34.9 Å². The number of rotatable bonds is 7. The van der Waals surface area contributed by atoms with Crippen LogP contribution in [0.25, 0.3) is 0 Å². The Bertz CT molecular complexity index is 1120. The molecular formula is C24H31N3O5S. The normalized spacial score (nSPS) is 16.8. The third-order valence-corrected chi connectivity index (χ3v) is 7.89. The second-order valence-corrected chi connectivity index (χ2v) is 10.1. The number of amides is 2. The Hall–Kier alpha value is -2.91. The van der Waals surface area contributed by atoms with E-state index in [4.69, 9.17) is 4.74 Å². The quantitative estimate of drug-likeness (QED) is 0.602. The molecule has 1 aliphatic heterocycles. The maximum absolute atomic E-state index is 13.4. The van der Waals surface area contributed by atoms with Crippen molar-refractivity contribution in [2.75, 3.05) is 25.5 Å². The van der Waals surface area contributed by atoms with E-state index in [1.807, 2.05) is 19.1 Å². The van der Waals surface area contributed by atoms with E-state index in [9.17, 15) is 18.0 Å². The molecule has 1 saturated heterocycles. The average Bonchev–Trinajstić information content (AvgIpc) is 2.80. The van der Waals surface area contributed by atoms with Gasteiger partial charge in [0.05, 0.1) is 12.0 Å². The van der Waals surface area contributed by atoms with Crippen LogP contribution in [0.5, 0.6) is 5.75 Å². The number of sulfonamides is 1. The Morgan fingerprint density at radius 3 is 2.64 bits per heavy atom. The molecule has 0 bridgehead atoms. The van der Waals surface area contributed by atoms with Crippen LogP contribution >= 0.6 is 0 Å². The number of benzene rings is 2. The zero-order valence-corrected chi connectivity index (χ0v) is 20.1. The summed E-state index contributed by atoms with van der Waals surface area (Å²) in [6.07, 6.45) is 2.88. The van der Waals surface area contributed by atoms with E-state index >= 15 is 0 Å². The molecule has 2 N–H and O–H groups in total. The highest BCUT2D eigenvalue weighted by atomic mass is 32.2. The van der Waals surface area contributed by atoms with Crippen LogP contribution in [0.15, 0.2) is 47.4 Å². The first-order valence-electron chi connectivity index (χ1n) is 11.0. The van der Waals surface area contributed by atoms with Gasteiger partial charge in [0, 0.05) is 30.9 Å². The van der Waals surface area contributed by atoms with Crippen LogP contribution in [-0.4, -0.2) is 50.8 Å². The van der Waals surface area contributed by atoms with Gasteiger partial charge in [-0.05, 0) is 62.4 Å². The minimum absolute atomic E-state index is 0.202. The third-order valence-electron chi connectivity index (χ3n) is 5.80. The highest BCUT2D eigenvalue weighted by Gasteiger charge is 2.34. The Kier molecular flexibility index (Phi) is 8.10. The number of nitrogens with zero attached hydrogens (tertiary/aromatic N) is 1. The molecule has 2 aromatic rings. The molecule has 178 valence electrons. The summed E-state index contributed by atoms with van der Waals surface area (Å²) >= 11 is 0. The summed E-state index contributed by atoms with van der Waals surface area (Å²) in [6, 6.07) is 11.9. The Morgan fingerprint density at radius 2 is 1.88 bits per heavy atom. The topological polar surface area (TPSA) is 105 Å². The Balaban J connectivity index is 1.60. The van der Waals surface area contributed by atoms with E-state index in [1.54, 1.807) is 41.6 Å². The van der Waals surface area contributed by atoms with Gasteiger partial charge in [0.15, 0.2) is 0 Å². The number of nitrogens with one attached hydrogen (secondary N) is 2. The first-order chi connectivity index (χ1) is 15.7. The Morgan fingerprint density at radius 1 is 1.09 bits per heavy atom. The molecule has 1 atom stereocenters. The van der Waals surface area contributed by atoms with Crippen molar-refractivity contribution < 1.29 is 22.7 Å². The minimum Gasteiger partial charge on any atom is -0.497 e. The highest BCUT2D eigenvalue weighted by Crippen LogP contribution is 2.29. The van der Waals surface area contributed by atoms with Crippen molar-refractivity contribution in [2.24, 2.45) is 0 Å². The van der Waals surface area contributed by atoms with E-state index in [-0.39, 0.29) is 12.6 Å². The first kappa shape index (κ1) is 24.7. The van der Waals surface area contributed by atoms with Gasteiger partial charge in [0.2, 0.25) is 10.0 Å². The second-order valence-electron chi connectivity index (χ2n) is 8.26. The Labute approximate surface area is 195 Å². The standard InChI is InChI=1S/C24H31N3O5S/c1-17-10-11-18(2)22(15-17)33(30,31)27-14-5-4-8-20(27)12-13-25-23(28)24(29)26-19-7-6-9-21(16-19)32-3/h6-7,9-11,15-16,20H,4-5,8,12-14H2,1-3H3,(H,25,28)(H,26,29). The molecule has 33 heavy (non-hydrogen) atoms. The molecule has 1 aliphatic rings. The van der Waals surface area contributed by atoms with Crippen LogP contribution < -0.4 is 15.4 Å². The molecule has 3 rings (SSSR count). The van der Waals surface area contributed by atoms with E-state index in [0.717, 1.165) is 24.8 Å². The maximum Gasteiger partial charge on any atom is 0.313 e. The predicted octanol–water partition coefficient (Wildman–Crippen LogP) is 3.00. The maximum atomic E-state index is 13.4. The van der Waals surface area contributed by atoms with Crippen molar-refractivity contribution in [3.8, 4) is 5.75 Å². The van der Waals surface area contributed by atoms with Gasteiger partial charge < -0.3 is 15.4 Å². The van der Waals surface area contributed by atoms with Crippen molar-refractivity contribution in [3.63, 3.8) is 0 Å². The monoisotopic (exact) mass is 473 g/mol. The smallest absolute Gasteiger partial charge is 0.313 e. The summed E-state index contributed by atoms with van der Waals surface area (Å²) in [5.74, 6) is -0.986. The lowest BCUT2D eigenvalue weighted by Gasteiger charge is -2.35. The van der Waals surface area contributed by atoms with Crippen molar-refractivity contribution in [1.82, 2.24) is 9.62 Å². The van der Waals surface area contributed by atoms with Gasteiger partial charge in [-0.15, -0.1) is 0 Å². The number of aryl methyl sites for hydroxylation is 2. The van der Waals surface area contributed by atoms with Crippen LogP contribution in [-0.2, 0) is 19.6 Å². The zero-order valence-electron chi connectivity index (χ0n) is 19.3.